The molecule has 2 N–H and O–H groups in total. The van der Waals surface area contributed by atoms with E-state index in [-0.39, 0.29) is 11.7 Å². The fourth-order valence-electron chi connectivity index (χ4n) is 1.89. The van der Waals surface area contributed by atoms with Crippen LogP contribution in [0.2, 0.25) is 0 Å². The smallest absolute Gasteiger partial charge is 0.255 e. The molecule has 0 spiro atoms. The zero-order valence-electron chi connectivity index (χ0n) is 11.1. The van der Waals surface area contributed by atoms with Crippen molar-refractivity contribution in [1.29, 1.82) is 0 Å². The van der Waals surface area contributed by atoms with Gasteiger partial charge in [0, 0.05) is 31.9 Å². The number of phenols is 1. The van der Waals surface area contributed by atoms with Crippen molar-refractivity contribution < 1.29 is 9.90 Å². The van der Waals surface area contributed by atoms with E-state index in [1.165, 1.54) is 0 Å². The third-order valence-corrected chi connectivity index (χ3v) is 3.07. The molecule has 1 aromatic carbocycles. The quantitative estimate of drug-likeness (QED) is 0.872. The Morgan fingerprint density at radius 1 is 1.42 bits per heavy atom. The van der Waals surface area contributed by atoms with Crippen LogP contribution in [0.25, 0.3) is 0 Å². The topological polar surface area (TPSA) is 67.2 Å². The minimum Gasteiger partial charge on any atom is -0.507 e. The van der Waals surface area contributed by atoms with Crippen LogP contribution in [0.4, 0.5) is 0 Å². The summed E-state index contributed by atoms with van der Waals surface area (Å²) in [5.41, 5.74) is 2.05. The van der Waals surface area contributed by atoms with Gasteiger partial charge in [-0.3, -0.25) is 9.48 Å². The number of benzene rings is 1. The summed E-state index contributed by atoms with van der Waals surface area (Å²) in [7, 11) is 1.86. The summed E-state index contributed by atoms with van der Waals surface area (Å²) in [6, 6.07) is 7.05. The van der Waals surface area contributed by atoms with Crippen molar-refractivity contribution in [2.75, 3.05) is 6.54 Å². The van der Waals surface area contributed by atoms with Gasteiger partial charge in [-0.1, -0.05) is 12.1 Å². The third kappa shape index (κ3) is 2.93. The van der Waals surface area contributed by atoms with E-state index in [2.05, 4.69) is 10.4 Å². The molecule has 0 aliphatic carbocycles. The Bertz CT molecular complexity index is 590. The molecule has 5 heteroatoms. The van der Waals surface area contributed by atoms with Gasteiger partial charge in [0.25, 0.3) is 5.91 Å². The molecule has 19 heavy (non-hydrogen) atoms. The molecule has 5 nitrogen and oxygen atoms in total. The Morgan fingerprint density at radius 3 is 2.89 bits per heavy atom. The number of carbonyl (C=O) groups is 1. The Hall–Kier alpha value is -2.30. The third-order valence-electron chi connectivity index (χ3n) is 3.07. The summed E-state index contributed by atoms with van der Waals surface area (Å²) in [5, 5.41) is 16.7. The number of aromatic hydroxyl groups is 1. The maximum atomic E-state index is 11.9. The number of nitrogens with zero attached hydrogens (tertiary/aromatic N) is 2. The summed E-state index contributed by atoms with van der Waals surface area (Å²) in [5.74, 6) is -0.219. The molecule has 1 heterocycles. The van der Waals surface area contributed by atoms with E-state index in [9.17, 15) is 9.90 Å². The van der Waals surface area contributed by atoms with Crippen LogP contribution in [0, 0.1) is 6.92 Å². The maximum Gasteiger partial charge on any atom is 0.255 e. The lowest BCUT2D eigenvalue weighted by Gasteiger charge is -2.08. The number of hydrogen-bond acceptors (Lipinski definition) is 3. The predicted molar refractivity (Wildman–Crippen MR) is 72.1 cm³/mol. The molecule has 0 aliphatic heterocycles. The highest BCUT2D eigenvalue weighted by atomic mass is 16.3. The Morgan fingerprint density at radius 2 is 2.21 bits per heavy atom. The summed E-state index contributed by atoms with van der Waals surface area (Å²) >= 11 is 0. The Balaban J connectivity index is 1.95. The SMILES string of the molecule is Cc1cccc(C(=O)NCCc2ccnn2C)c1O. The second-order valence-corrected chi connectivity index (χ2v) is 4.42. The molecule has 1 amide bonds. The van der Waals surface area contributed by atoms with Gasteiger partial charge in [-0.05, 0) is 24.6 Å². The van der Waals surface area contributed by atoms with Gasteiger partial charge in [0.1, 0.15) is 5.75 Å². The number of carbonyl (C=O) groups excluding carboxylic acids is 1. The van der Waals surface area contributed by atoms with Crippen molar-refractivity contribution in [3.8, 4) is 5.75 Å². The van der Waals surface area contributed by atoms with Crippen LogP contribution in [0.1, 0.15) is 21.6 Å². The molecule has 1 aromatic heterocycles. The van der Waals surface area contributed by atoms with E-state index in [0.717, 1.165) is 5.69 Å². The fraction of sp³-hybridized carbons (Fsp3) is 0.286. The van der Waals surface area contributed by atoms with Crippen LogP contribution in [0.5, 0.6) is 5.75 Å². The average Bonchev–Trinajstić information content (AvgIpc) is 2.78. The second kappa shape index (κ2) is 5.56. The summed E-state index contributed by atoms with van der Waals surface area (Å²) in [6.07, 6.45) is 2.43. The minimum atomic E-state index is -0.261. The molecular weight excluding hydrogens is 242 g/mol. The fourth-order valence-corrected chi connectivity index (χ4v) is 1.89. The van der Waals surface area contributed by atoms with Crippen molar-refractivity contribution in [2.45, 2.75) is 13.3 Å². The van der Waals surface area contributed by atoms with E-state index < -0.39 is 0 Å². The summed E-state index contributed by atoms with van der Waals surface area (Å²) in [6.45, 7) is 2.27. The number of hydrogen-bond donors (Lipinski definition) is 2. The molecular formula is C14H17N3O2. The summed E-state index contributed by atoms with van der Waals surface area (Å²) in [4.78, 5) is 11.9. The molecule has 0 radical (unpaired) electrons. The van der Waals surface area contributed by atoms with Gasteiger partial charge in [0.05, 0.1) is 5.56 Å². The van der Waals surface area contributed by atoms with E-state index in [4.69, 9.17) is 0 Å². The van der Waals surface area contributed by atoms with Crippen LogP contribution in [-0.4, -0.2) is 27.3 Å². The van der Waals surface area contributed by atoms with Gasteiger partial charge in [-0.2, -0.15) is 5.10 Å². The molecule has 2 aromatic rings. The van der Waals surface area contributed by atoms with Gasteiger partial charge in [-0.15, -0.1) is 0 Å². The molecule has 100 valence electrons. The van der Waals surface area contributed by atoms with Crippen LogP contribution in [0.15, 0.2) is 30.5 Å². The molecule has 0 fully saturated rings. The van der Waals surface area contributed by atoms with Gasteiger partial charge < -0.3 is 10.4 Å². The van der Waals surface area contributed by atoms with Crippen LogP contribution >= 0.6 is 0 Å². The normalized spacial score (nSPS) is 10.4. The van der Waals surface area contributed by atoms with Crippen molar-refractivity contribution in [2.24, 2.45) is 7.05 Å². The highest BCUT2D eigenvalue weighted by Crippen LogP contribution is 2.20. The predicted octanol–water partition coefficient (Wildman–Crippen LogP) is 1.41. The molecule has 0 unspecified atom stereocenters. The first kappa shape index (κ1) is 13.1. The van der Waals surface area contributed by atoms with E-state index in [0.29, 0.717) is 24.1 Å². The van der Waals surface area contributed by atoms with E-state index in [1.807, 2.05) is 13.1 Å². The standard InChI is InChI=1S/C14H17N3O2/c1-10-4-3-5-12(13(10)18)14(19)15-8-6-11-7-9-16-17(11)2/h3-5,7,9,18H,6,8H2,1-2H3,(H,15,19). The van der Waals surface area contributed by atoms with E-state index in [1.54, 1.807) is 36.0 Å². The number of aryl methyl sites for hydroxylation is 2. The van der Waals surface area contributed by atoms with Gasteiger partial charge in [0.2, 0.25) is 0 Å². The largest absolute Gasteiger partial charge is 0.507 e. The zero-order chi connectivity index (χ0) is 13.8. The Kier molecular flexibility index (Phi) is 3.85. The molecule has 0 saturated carbocycles. The lowest BCUT2D eigenvalue weighted by Crippen LogP contribution is -2.26. The number of aromatic nitrogens is 2. The van der Waals surface area contributed by atoms with Crippen molar-refractivity contribution >= 4 is 5.91 Å². The average molecular weight is 259 g/mol. The van der Waals surface area contributed by atoms with Gasteiger partial charge in [0.15, 0.2) is 0 Å². The first-order valence-corrected chi connectivity index (χ1v) is 6.13. The molecule has 0 atom stereocenters. The Labute approximate surface area is 111 Å². The monoisotopic (exact) mass is 259 g/mol. The molecule has 0 aliphatic rings. The summed E-state index contributed by atoms with van der Waals surface area (Å²) < 4.78 is 1.77. The van der Waals surface area contributed by atoms with Gasteiger partial charge in [-0.25, -0.2) is 0 Å². The number of rotatable bonds is 4. The molecule has 2 rings (SSSR count). The lowest BCUT2D eigenvalue weighted by molar-refractivity contribution is 0.0951. The molecule has 0 bridgehead atoms. The lowest BCUT2D eigenvalue weighted by atomic mass is 10.1. The maximum absolute atomic E-state index is 11.9. The van der Waals surface area contributed by atoms with Gasteiger partial charge >= 0.3 is 0 Å². The number of para-hydroxylation sites is 1. The van der Waals surface area contributed by atoms with Crippen LogP contribution in [0.3, 0.4) is 0 Å². The van der Waals surface area contributed by atoms with Crippen molar-refractivity contribution in [3.05, 3.63) is 47.3 Å². The first-order chi connectivity index (χ1) is 9.09. The van der Waals surface area contributed by atoms with Crippen molar-refractivity contribution in [1.82, 2.24) is 15.1 Å². The highest BCUT2D eigenvalue weighted by Gasteiger charge is 2.11. The second-order valence-electron chi connectivity index (χ2n) is 4.42. The number of phenolic OH excluding ortho intramolecular Hbond substituents is 1. The van der Waals surface area contributed by atoms with Crippen LogP contribution < -0.4 is 5.32 Å². The number of nitrogens with one attached hydrogen (secondary N) is 1. The van der Waals surface area contributed by atoms with Crippen molar-refractivity contribution in [3.63, 3.8) is 0 Å². The first-order valence-electron chi connectivity index (χ1n) is 6.13. The number of amides is 1. The zero-order valence-corrected chi connectivity index (χ0v) is 11.1. The molecule has 0 saturated heterocycles. The highest BCUT2D eigenvalue weighted by molar-refractivity contribution is 5.97. The van der Waals surface area contributed by atoms with Crippen LogP contribution in [-0.2, 0) is 13.5 Å². The minimum absolute atomic E-state index is 0.0422. The van der Waals surface area contributed by atoms with E-state index >= 15 is 0 Å².